The molecule has 0 radical (unpaired) electrons. The molecule has 0 aromatic carbocycles. The minimum Gasteiger partial charge on any atom is -0.403 e. The molecule has 0 saturated heterocycles. The van der Waals surface area contributed by atoms with Crippen LogP contribution in [0.15, 0.2) is 6.07 Å². The number of aliphatic hydroxyl groups is 1. The maximum Gasteiger partial charge on any atom is 0.573 e. The molecule has 0 saturated carbocycles. The zero-order chi connectivity index (χ0) is 14.8. The average Bonchev–Trinajstić information content (AvgIpc) is 2.25. The second-order valence-electron chi connectivity index (χ2n) is 3.10. The van der Waals surface area contributed by atoms with Crippen molar-refractivity contribution in [2.75, 3.05) is 0 Å². The SMILES string of the molecule is O=[N+]([O-])c1cc(OC(F)(F)F)c(C(F)F)nc1CO. The van der Waals surface area contributed by atoms with Crippen LogP contribution in [0.5, 0.6) is 5.75 Å². The summed E-state index contributed by atoms with van der Waals surface area (Å²) < 4.78 is 64.2. The number of pyridine rings is 1. The van der Waals surface area contributed by atoms with Gasteiger partial charge in [0.25, 0.3) is 12.1 Å². The lowest BCUT2D eigenvalue weighted by Gasteiger charge is -2.13. The van der Waals surface area contributed by atoms with Gasteiger partial charge >= 0.3 is 6.36 Å². The van der Waals surface area contributed by atoms with Crippen LogP contribution in [0, 0.1) is 10.1 Å². The van der Waals surface area contributed by atoms with Gasteiger partial charge in [-0.15, -0.1) is 13.2 Å². The van der Waals surface area contributed by atoms with Crippen LogP contribution in [0.25, 0.3) is 0 Å². The van der Waals surface area contributed by atoms with Crippen molar-refractivity contribution in [3.63, 3.8) is 0 Å². The minimum atomic E-state index is -5.31. The van der Waals surface area contributed by atoms with Crippen molar-refractivity contribution in [1.29, 1.82) is 0 Å². The number of hydrogen-bond acceptors (Lipinski definition) is 5. The van der Waals surface area contributed by atoms with Crippen molar-refractivity contribution < 1.29 is 36.7 Å². The Bertz CT molecular complexity index is 491. The highest BCUT2D eigenvalue weighted by atomic mass is 19.4. The smallest absolute Gasteiger partial charge is 0.403 e. The number of rotatable bonds is 4. The average molecular weight is 288 g/mol. The zero-order valence-corrected chi connectivity index (χ0v) is 8.82. The second-order valence-corrected chi connectivity index (χ2v) is 3.10. The van der Waals surface area contributed by atoms with Crippen LogP contribution < -0.4 is 4.74 Å². The van der Waals surface area contributed by atoms with E-state index < -0.39 is 47.1 Å². The second kappa shape index (κ2) is 5.30. The van der Waals surface area contributed by atoms with E-state index in [2.05, 4.69) is 9.72 Å². The summed E-state index contributed by atoms with van der Waals surface area (Å²) >= 11 is 0. The third-order valence-electron chi connectivity index (χ3n) is 1.85. The molecule has 0 spiro atoms. The molecule has 0 atom stereocenters. The number of nitro groups is 1. The Morgan fingerprint density at radius 1 is 1.47 bits per heavy atom. The summed E-state index contributed by atoms with van der Waals surface area (Å²) in [6, 6.07) is 0.146. The number of ether oxygens (including phenoxy) is 1. The molecule has 0 amide bonds. The lowest BCUT2D eigenvalue weighted by molar-refractivity contribution is -0.386. The van der Waals surface area contributed by atoms with E-state index in [0.29, 0.717) is 0 Å². The van der Waals surface area contributed by atoms with Gasteiger partial charge in [-0.3, -0.25) is 10.1 Å². The quantitative estimate of drug-likeness (QED) is 0.522. The van der Waals surface area contributed by atoms with E-state index in [1.807, 2.05) is 0 Å². The Hall–Kier alpha value is -2.04. The molecular formula is C8H5F5N2O4. The highest BCUT2D eigenvalue weighted by molar-refractivity contribution is 5.45. The normalized spacial score (nSPS) is 11.7. The molecule has 1 aromatic rings. The van der Waals surface area contributed by atoms with Crippen molar-refractivity contribution in [2.24, 2.45) is 0 Å². The molecule has 1 aromatic heterocycles. The number of aromatic nitrogens is 1. The predicted molar refractivity (Wildman–Crippen MR) is 48.5 cm³/mol. The van der Waals surface area contributed by atoms with Gasteiger partial charge in [-0.25, -0.2) is 13.8 Å². The Balaban J connectivity index is 3.41. The van der Waals surface area contributed by atoms with Crippen LogP contribution in [-0.2, 0) is 6.61 Å². The van der Waals surface area contributed by atoms with E-state index in [1.165, 1.54) is 0 Å². The van der Waals surface area contributed by atoms with Gasteiger partial charge in [0.2, 0.25) is 0 Å². The van der Waals surface area contributed by atoms with Gasteiger partial charge in [0, 0.05) is 0 Å². The number of aliphatic hydroxyl groups excluding tert-OH is 1. The molecule has 11 heteroatoms. The molecule has 1 heterocycles. The zero-order valence-electron chi connectivity index (χ0n) is 8.82. The summed E-state index contributed by atoms with van der Waals surface area (Å²) in [5, 5.41) is 19.2. The number of halogens is 5. The number of nitrogens with zero attached hydrogens (tertiary/aromatic N) is 2. The van der Waals surface area contributed by atoms with Crippen LogP contribution in [0.2, 0.25) is 0 Å². The van der Waals surface area contributed by atoms with Gasteiger partial charge in [0.1, 0.15) is 11.4 Å². The molecule has 19 heavy (non-hydrogen) atoms. The van der Waals surface area contributed by atoms with Gasteiger partial charge in [0.15, 0.2) is 5.75 Å². The molecule has 0 bridgehead atoms. The van der Waals surface area contributed by atoms with Gasteiger partial charge in [-0.2, -0.15) is 0 Å². The molecular weight excluding hydrogens is 283 g/mol. The molecule has 0 aliphatic rings. The van der Waals surface area contributed by atoms with Crippen LogP contribution in [0.3, 0.4) is 0 Å². The molecule has 0 unspecified atom stereocenters. The van der Waals surface area contributed by atoms with E-state index in [-0.39, 0.29) is 6.07 Å². The first-order valence-corrected chi connectivity index (χ1v) is 4.48. The maximum atomic E-state index is 12.5. The maximum absolute atomic E-state index is 12.5. The van der Waals surface area contributed by atoms with Gasteiger partial charge in [-0.1, -0.05) is 0 Å². The van der Waals surface area contributed by atoms with Crippen LogP contribution in [-0.4, -0.2) is 21.4 Å². The fraction of sp³-hybridized carbons (Fsp3) is 0.375. The van der Waals surface area contributed by atoms with E-state index in [9.17, 15) is 32.1 Å². The topological polar surface area (TPSA) is 85.5 Å². The third kappa shape index (κ3) is 3.71. The van der Waals surface area contributed by atoms with Crippen molar-refractivity contribution in [2.45, 2.75) is 19.4 Å². The van der Waals surface area contributed by atoms with E-state index in [0.717, 1.165) is 0 Å². The minimum absolute atomic E-state index is 0.146. The first-order chi connectivity index (χ1) is 8.65. The van der Waals surface area contributed by atoms with E-state index in [1.54, 1.807) is 0 Å². The number of alkyl halides is 5. The Labute approximate surface area is 101 Å². The van der Waals surface area contributed by atoms with Crippen molar-refractivity contribution >= 4 is 5.69 Å². The molecule has 1 rings (SSSR count). The predicted octanol–water partition coefficient (Wildman–Crippen LogP) is 2.32. The van der Waals surface area contributed by atoms with Crippen molar-refractivity contribution in [1.82, 2.24) is 4.98 Å². The summed E-state index contributed by atoms with van der Waals surface area (Å²) in [5.74, 6) is -1.48. The largest absolute Gasteiger partial charge is 0.573 e. The molecule has 6 nitrogen and oxygen atoms in total. The molecule has 106 valence electrons. The molecule has 1 N–H and O–H groups in total. The highest BCUT2D eigenvalue weighted by Gasteiger charge is 2.35. The van der Waals surface area contributed by atoms with E-state index >= 15 is 0 Å². The molecule has 0 fully saturated rings. The Kier molecular flexibility index (Phi) is 4.19. The van der Waals surface area contributed by atoms with Gasteiger partial charge in [-0.05, 0) is 0 Å². The molecule has 0 aliphatic heterocycles. The Morgan fingerprint density at radius 3 is 2.42 bits per heavy atom. The lowest BCUT2D eigenvalue weighted by atomic mass is 10.2. The van der Waals surface area contributed by atoms with Crippen molar-refractivity contribution in [3.05, 3.63) is 27.6 Å². The van der Waals surface area contributed by atoms with Crippen molar-refractivity contribution in [3.8, 4) is 5.75 Å². The fourth-order valence-electron chi connectivity index (χ4n) is 1.18. The van der Waals surface area contributed by atoms with Gasteiger partial charge < -0.3 is 9.84 Å². The summed E-state index contributed by atoms with van der Waals surface area (Å²) in [6.45, 7) is -1.08. The standard InChI is InChI=1S/C8H5F5N2O4/c9-7(10)6-5(19-8(11,12)13)1-4(15(17)18)3(2-16)14-6/h1,7,16H,2H2. The lowest BCUT2D eigenvalue weighted by Crippen LogP contribution is -2.19. The fourth-order valence-corrected chi connectivity index (χ4v) is 1.18. The summed E-state index contributed by atoms with van der Waals surface area (Å²) in [6.07, 6.45) is -8.76. The van der Waals surface area contributed by atoms with Crippen LogP contribution in [0.4, 0.5) is 27.6 Å². The summed E-state index contributed by atoms with van der Waals surface area (Å²) in [4.78, 5) is 12.3. The molecule has 0 aliphatic carbocycles. The van der Waals surface area contributed by atoms with Crippen LogP contribution in [0.1, 0.15) is 17.8 Å². The Morgan fingerprint density at radius 2 is 2.05 bits per heavy atom. The summed E-state index contributed by atoms with van der Waals surface area (Å²) in [7, 11) is 0. The number of hydrogen-bond donors (Lipinski definition) is 1. The van der Waals surface area contributed by atoms with Crippen LogP contribution >= 0.6 is 0 Å². The monoisotopic (exact) mass is 288 g/mol. The first kappa shape index (κ1) is 15.0. The van der Waals surface area contributed by atoms with E-state index in [4.69, 9.17) is 5.11 Å². The first-order valence-electron chi connectivity index (χ1n) is 4.48. The highest BCUT2D eigenvalue weighted by Crippen LogP contribution is 2.35. The third-order valence-corrected chi connectivity index (χ3v) is 1.85. The van der Waals surface area contributed by atoms with Gasteiger partial charge in [0.05, 0.1) is 17.6 Å². The summed E-state index contributed by atoms with van der Waals surface area (Å²) in [5.41, 5.74) is -3.27.